The lowest BCUT2D eigenvalue weighted by Gasteiger charge is -2.23. The third-order valence-electron chi connectivity index (χ3n) is 4.62. The molecule has 150 valence electrons. The van der Waals surface area contributed by atoms with E-state index in [1.54, 1.807) is 0 Å². The monoisotopic (exact) mass is 395 g/mol. The van der Waals surface area contributed by atoms with E-state index in [2.05, 4.69) is 0 Å². The molecule has 3 rings (SSSR count). The van der Waals surface area contributed by atoms with Crippen molar-refractivity contribution in [3.05, 3.63) is 126 Å². The molecule has 0 aliphatic rings. The maximum absolute atomic E-state index is 11.4. The van der Waals surface area contributed by atoms with Gasteiger partial charge in [0.05, 0.1) is 5.41 Å². The molecule has 0 aliphatic heterocycles. The summed E-state index contributed by atoms with van der Waals surface area (Å²) in [5, 5.41) is 0. The standard InChI is InChI=1S/C27H25NO2/c28-26(29)30-22-27(19-16-23-10-4-1-5-11-23,20-17-24-12-6-2-7-13-24)21-18-25-14-8-3-9-15-25/h1-21H,22H2,(H2,28,29). The summed E-state index contributed by atoms with van der Waals surface area (Å²) < 4.78 is 5.26. The Morgan fingerprint density at radius 1 is 0.667 bits per heavy atom. The minimum atomic E-state index is -0.797. The lowest BCUT2D eigenvalue weighted by molar-refractivity contribution is 0.139. The zero-order valence-corrected chi connectivity index (χ0v) is 16.7. The number of rotatable bonds is 8. The molecule has 30 heavy (non-hydrogen) atoms. The van der Waals surface area contributed by atoms with Gasteiger partial charge >= 0.3 is 6.09 Å². The molecule has 0 bridgehead atoms. The van der Waals surface area contributed by atoms with Gasteiger partial charge in [0.15, 0.2) is 0 Å². The molecule has 2 N–H and O–H groups in total. The Bertz CT molecular complexity index is 886. The Balaban J connectivity index is 2.01. The van der Waals surface area contributed by atoms with Crippen molar-refractivity contribution in [2.24, 2.45) is 11.1 Å². The molecular formula is C27H25NO2. The number of primary amides is 1. The molecule has 1 amide bonds. The largest absolute Gasteiger partial charge is 0.448 e. The number of nitrogens with two attached hydrogens (primary N) is 1. The predicted molar refractivity (Wildman–Crippen MR) is 124 cm³/mol. The third-order valence-corrected chi connectivity index (χ3v) is 4.62. The summed E-state index contributed by atoms with van der Waals surface area (Å²) in [4.78, 5) is 11.4. The number of hydrogen-bond acceptors (Lipinski definition) is 2. The lowest BCUT2D eigenvalue weighted by Crippen LogP contribution is -2.25. The van der Waals surface area contributed by atoms with Gasteiger partial charge in [-0.15, -0.1) is 0 Å². The Morgan fingerprint density at radius 2 is 1.00 bits per heavy atom. The highest BCUT2D eigenvalue weighted by Crippen LogP contribution is 2.28. The van der Waals surface area contributed by atoms with Gasteiger partial charge in [-0.3, -0.25) is 0 Å². The van der Waals surface area contributed by atoms with E-state index < -0.39 is 11.5 Å². The van der Waals surface area contributed by atoms with Gasteiger partial charge in [-0.1, -0.05) is 127 Å². The number of hydrogen-bond donors (Lipinski definition) is 1. The number of carbonyl (C=O) groups is 1. The summed E-state index contributed by atoms with van der Waals surface area (Å²) in [5.41, 5.74) is 7.79. The highest BCUT2D eigenvalue weighted by molar-refractivity contribution is 5.65. The van der Waals surface area contributed by atoms with E-state index in [1.165, 1.54) is 0 Å². The normalized spacial score (nSPS) is 13.6. The van der Waals surface area contributed by atoms with Crippen LogP contribution in [0.4, 0.5) is 4.79 Å². The summed E-state index contributed by atoms with van der Waals surface area (Å²) in [6.07, 6.45) is 11.4. The minimum Gasteiger partial charge on any atom is -0.448 e. The highest BCUT2D eigenvalue weighted by atomic mass is 16.5. The van der Waals surface area contributed by atoms with Crippen LogP contribution in [0.3, 0.4) is 0 Å². The van der Waals surface area contributed by atoms with Gasteiger partial charge in [-0.05, 0) is 16.7 Å². The minimum absolute atomic E-state index is 0.0956. The topological polar surface area (TPSA) is 52.3 Å². The zero-order valence-electron chi connectivity index (χ0n) is 16.7. The van der Waals surface area contributed by atoms with Crippen molar-refractivity contribution < 1.29 is 9.53 Å². The van der Waals surface area contributed by atoms with Crippen molar-refractivity contribution in [2.45, 2.75) is 0 Å². The van der Waals surface area contributed by atoms with Crippen LogP contribution in [0.1, 0.15) is 16.7 Å². The van der Waals surface area contributed by atoms with E-state index >= 15 is 0 Å². The second-order valence-corrected chi connectivity index (χ2v) is 6.95. The third kappa shape index (κ3) is 6.64. The Hall–Kier alpha value is -3.85. The van der Waals surface area contributed by atoms with Crippen LogP contribution >= 0.6 is 0 Å². The molecule has 3 aromatic carbocycles. The Morgan fingerprint density at radius 3 is 1.30 bits per heavy atom. The first-order valence-electron chi connectivity index (χ1n) is 9.80. The number of amides is 1. The lowest BCUT2D eigenvalue weighted by atomic mass is 9.85. The van der Waals surface area contributed by atoms with Crippen molar-refractivity contribution in [1.82, 2.24) is 0 Å². The van der Waals surface area contributed by atoms with Crippen LogP contribution in [0.25, 0.3) is 18.2 Å². The van der Waals surface area contributed by atoms with Gasteiger partial charge in [0.1, 0.15) is 6.61 Å². The van der Waals surface area contributed by atoms with E-state index in [0.717, 1.165) is 16.7 Å². The number of carbonyl (C=O) groups excluding carboxylic acids is 1. The van der Waals surface area contributed by atoms with Gasteiger partial charge in [0.25, 0.3) is 0 Å². The van der Waals surface area contributed by atoms with Gasteiger partial charge in [-0.25, -0.2) is 4.79 Å². The fraction of sp³-hybridized carbons (Fsp3) is 0.0741. The second kappa shape index (κ2) is 10.6. The van der Waals surface area contributed by atoms with Gasteiger partial charge in [0.2, 0.25) is 0 Å². The van der Waals surface area contributed by atoms with Crippen molar-refractivity contribution in [1.29, 1.82) is 0 Å². The van der Waals surface area contributed by atoms with Crippen LogP contribution < -0.4 is 5.73 Å². The van der Waals surface area contributed by atoms with E-state index in [0.29, 0.717) is 0 Å². The van der Waals surface area contributed by atoms with Crippen LogP contribution in [0.15, 0.2) is 109 Å². The first-order valence-corrected chi connectivity index (χ1v) is 9.80. The molecule has 3 heteroatoms. The molecule has 0 radical (unpaired) electrons. The summed E-state index contributed by atoms with van der Waals surface area (Å²) in [6, 6.07) is 30.0. The maximum atomic E-state index is 11.4. The summed E-state index contributed by atoms with van der Waals surface area (Å²) in [7, 11) is 0. The molecule has 0 atom stereocenters. The van der Waals surface area contributed by atoms with Gasteiger partial charge in [0, 0.05) is 0 Å². The van der Waals surface area contributed by atoms with Gasteiger partial charge < -0.3 is 10.5 Å². The van der Waals surface area contributed by atoms with Crippen molar-refractivity contribution in [3.8, 4) is 0 Å². The van der Waals surface area contributed by atoms with Crippen LogP contribution in [-0.4, -0.2) is 12.7 Å². The second-order valence-electron chi connectivity index (χ2n) is 6.95. The van der Waals surface area contributed by atoms with Crippen LogP contribution in [0, 0.1) is 5.41 Å². The van der Waals surface area contributed by atoms with Crippen LogP contribution in [-0.2, 0) is 4.74 Å². The zero-order chi connectivity index (χ0) is 21.1. The van der Waals surface area contributed by atoms with Crippen LogP contribution in [0.2, 0.25) is 0 Å². The first kappa shape index (κ1) is 20.9. The van der Waals surface area contributed by atoms with Gasteiger partial charge in [-0.2, -0.15) is 0 Å². The van der Waals surface area contributed by atoms with Crippen molar-refractivity contribution >= 4 is 24.3 Å². The molecular weight excluding hydrogens is 370 g/mol. The van der Waals surface area contributed by atoms with E-state index in [4.69, 9.17) is 10.5 Å². The summed E-state index contributed by atoms with van der Waals surface area (Å²) in [6.45, 7) is 0.0956. The number of benzene rings is 3. The SMILES string of the molecule is NC(=O)OCC(C=Cc1ccccc1)(C=Cc1ccccc1)C=Cc1ccccc1. The average Bonchev–Trinajstić information content (AvgIpc) is 2.80. The van der Waals surface area contributed by atoms with E-state index in [-0.39, 0.29) is 6.61 Å². The molecule has 3 aromatic rings. The molecule has 0 saturated carbocycles. The maximum Gasteiger partial charge on any atom is 0.404 e. The van der Waals surface area contributed by atoms with Crippen LogP contribution in [0.5, 0.6) is 0 Å². The van der Waals surface area contributed by atoms with Crippen molar-refractivity contribution in [3.63, 3.8) is 0 Å². The molecule has 0 heterocycles. The number of ether oxygens (including phenoxy) is 1. The van der Waals surface area contributed by atoms with Crippen molar-refractivity contribution in [2.75, 3.05) is 6.61 Å². The predicted octanol–water partition coefficient (Wildman–Crippen LogP) is 6.21. The highest BCUT2D eigenvalue weighted by Gasteiger charge is 2.23. The van der Waals surface area contributed by atoms with E-state index in [9.17, 15) is 4.79 Å². The van der Waals surface area contributed by atoms with E-state index in [1.807, 2.05) is 127 Å². The quantitative estimate of drug-likeness (QED) is 0.493. The molecule has 0 aliphatic carbocycles. The molecule has 0 fully saturated rings. The summed E-state index contributed by atoms with van der Waals surface area (Å²) >= 11 is 0. The Kier molecular flexibility index (Phi) is 7.39. The molecule has 0 unspecified atom stereocenters. The molecule has 0 aromatic heterocycles. The fourth-order valence-electron chi connectivity index (χ4n) is 2.95. The molecule has 0 spiro atoms. The fourth-order valence-corrected chi connectivity index (χ4v) is 2.95. The smallest absolute Gasteiger partial charge is 0.404 e. The first-order chi connectivity index (χ1) is 14.7. The molecule has 3 nitrogen and oxygen atoms in total. The summed E-state index contributed by atoms with van der Waals surface area (Å²) in [5.74, 6) is 0. The average molecular weight is 396 g/mol. The Labute approximate surface area is 177 Å². The molecule has 0 saturated heterocycles.